The normalized spacial score (nSPS) is 16.9. The number of pyridine rings is 1. The number of rotatable bonds is 3. The highest BCUT2D eigenvalue weighted by Gasteiger charge is 2.30. The molecule has 0 bridgehead atoms. The number of halogens is 3. The fourth-order valence-electron chi connectivity index (χ4n) is 2.09. The lowest BCUT2D eigenvalue weighted by atomic mass is 10.1. The zero-order valence-electron chi connectivity index (χ0n) is 11.3. The SMILES string of the molecule is NC1CCN(C(=O)c2cccnc2OCC(F)(F)F)CC1. The maximum absolute atomic E-state index is 12.3. The average Bonchev–Trinajstić information content (AvgIpc) is 2.45. The topological polar surface area (TPSA) is 68.5 Å². The van der Waals surface area contributed by atoms with Gasteiger partial charge in [0.2, 0.25) is 5.88 Å². The quantitative estimate of drug-likeness (QED) is 0.920. The highest BCUT2D eigenvalue weighted by atomic mass is 19.4. The van der Waals surface area contributed by atoms with E-state index in [9.17, 15) is 18.0 Å². The lowest BCUT2D eigenvalue weighted by Crippen LogP contribution is -2.43. The van der Waals surface area contributed by atoms with Gasteiger partial charge in [0.05, 0.1) is 0 Å². The summed E-state index contributed by atoms with van der Waals surface area (Å²) in [5.74, 6) is -0.679. The molecule has 1 amide bonds. The van der Waals surface area contributed by atoms with E-state index in [0.29, 0.717) is 25.9 Å². The molecule has 1 fully saturated rings. The van der Waals surface area contributed by atoms with Crippen LogP contribution >= 0.6 is 0 Å². The molecule has 1 aromatic heterocycles. The summed E-state index contributed by atoms with van der Waals surface area (Å²) in [5, 5.41) is 0. The summed E-state index contributed by atoms with van der Waals surface area (Å²) in [6.07, 6.45) is -1.85. The molecule has 1 aromatic rings. The number of carbonyl (C=O) groups is 1. The molecule has 0 aliphatic carbocycles. The van der Waals surface area contributed by atoms with E-state index in [1.54, 1.807) is 4.90 Å². The van der Waals surface area contributed by atoms with Gasteiger partial charge in [-0.25, -0.2) is 4.98 Å². The first-order chi connectivity index (χ1) is 9.87. The molecule has 0 spiro atoms. The second-order valence-corrected chi connectivity index (χ2v) is 4.89. The molecule has 0 unspecified atom stereocenters. The number of aromatic nitrogens is 1. The van der Waals surface area contributed by atoms with Crippen molar-refractivity contribution in [2.75, 3.05) is 19.7 Å². The summed E-state index contributed by atoms with van der Waals surface area (Å²) in [6.45, 7) is -0.517. The van der Waals surface area contributed by atoms with Crippen molar-refractivity contribution in [3.63, 3.8) is 0 Å². The molecular formula is C13H16F3N3O2. The van der Waals surface area contributed by atoms with Crippen molar-refractivity contribution < 1.29 is 22.7 Å². The zero-order valence-corrected chi connectivity index (χ0v) is 11.3. The highest BCUT2D eigenvalue weighted by Crippen LogP contribution is 2.22. The molecular weight excluding hydrogens is 287 g/mol. The third-order valence-corrected chi connectivity index (χ3v) is 3.20. The molecule has 116 valence electrons. The number of hydrogen-bond acceptors (Lipinski definition) is 4. The van der Waals surface area contributed by atoms with E-state index in [1.807, 2.05) is 0 Å². The molecule has 0 atom stereocenters. The van der Waals surface area contributed by atoms with Gasteiger partial charge in [-0.2, -0.15) is 13.2 Å². The van der Waals surface area contributed by atoms with E-state index >= 15 is 0 Å². The van der Waals surface area contributed by atoms with Gasteiger partial charge in [-0.3, -0.25) is 4.79 Å². The van der Waals surface area contributed by atoms with Crippen LogP contribution in [0.15, 0.2) is 18.3 Å². The summed E-state index contributed by atoms with van der Waals surface area (Å²) in [5.41, 5.74) is 5.80. The van der Waals surface area contributed by atoms with E-state index in [-0.39, 0.29) is 23.4 Å². The van der Waals surface area contributed by atoms with Crippen molar-refractivity contribution in [3.8, 4) is 5.88 Å². The van der Waals surface area contributed by atoms with Crippen LogP contribution in [0.25, 0.3) is 0 Å². The Bertz CT molecular complexity index is 500. The molecule has 8 heteroatoms. The summed E-state index contributed by atoms with van der Waals surface area (Å²) < 4.78 is 41.3. The van der Waals surface area contributed by atoms with Crippen LogP contribution in [0.5, 0.6) is 5.88 Å². The number of likely N-dealkylation sites (tertiary alicyclic amines) is 1. The molecule has 1 saturated heterocycles. The minimum atomic E-state index is -4.48. The number of amides is 1. The molecule has 21 heavy (non-hydrogen) atoms. The van der Waals surface area contributed by atoms with Crippen LogP contribution < -0.4 is 10.5 Å². The van der Waals surface area contributed by atoms with Crippen molar-refractivity contribution in [1.29, 1.82) is 0 Å². The van der Waals surface area contributed by atoms with Gasteiger partial charge in [0, 0.05) is 25.3 Å². The Morgan fingerprint density at radius 3 is 2.71 bits per heavy atom. The van der Waals surface area contributed by atoms with Crippen molar-refractivity contribution in [2.45, 2.75) is 25.1 Å². The van der Waals surface area contributed by atoms with E-state index in [1.165, 1.54) is 18.3 Å². The second kappa shape index (κ2) is 6.30. The first-order valence-electron chi connectivity index (χ1n) is 6.56. The standard InChI is InChI=1S/C13H16F3N3O2/c14-13(15,16)8-21-11-10(2-1-5-18-11)12(20)19-6-3-9(17)4-7-19/h1-2,5,9H,3-4,6-8,17H2. The third kappa shape index (κ3) is 4.32. The number of alkyl halides is 3. The summed E-state index contributed by atoms with van der Waals surface area (Å²) in [6, 6.07) is 2.96. The van der Waals surface area contributed by atoms with Gasteiger partial charge in [-0.05, 0) is 25.0 Å². The maximum atomic E-state index is 12.3. The molecule has 0 radical (unpaired) electrons. The molecule has 2 rings (SSSR count). The number of piperidine rings is 1. The monoisotopic (exact) mass is 303 g/mol. The Morgan fingerprint density at radius 2 is 2.10 bits per heavy atom. The van der Waals surface area contributed by atoms with Crippen molar-refractivity contribution in [2.24, 2.45) is 5.73 Å². The Kier molecular flexibility index (Phi) is 4.66. The third-order valence-electron chi connectivity index (χ3n) is 3.20. The Labute approximate surface area is 119 Å². The summed E-state index contributed by atoms with van der Waals surface area (Å²) in [7, 11) is 0. The average molecular weight is 303 g/mol. The predicted octanol–water partition coefficient (Wildman–Crippen LogP) is 1.59. The maximum Gasteiger partial charge on any atom is 0.422 e. The minimum Gasteiger partial charge on any atom is -0.467 e. The second-order valence-electron chi connectivity index (χ2n) is 4.89. The minimum absolute atomic E-state index is 0.0391. The number of ether oxygens (including phenoxy) is 1. The number of hydrogen-bond donors (Lipinski definition) is 1. The Balaban J connectivity index is 2.10. The smallest absolute Gasteiger partial charge is 0.422 e. The Hall–Kier alpha value is -1.83. The lowest BCUT2D eigenvalue weighted by Gasteiger charge is -2.30. The Morgan fingerprint density at radius 1 is 1.43 bits per heavy atom. The van der Waals surface area contributed by atoms with Crippen molar-refractivity contribution in [1.82, 2.24) is 9.88 Å². The van der Waals surface area contributed by atoms with Gasteiger partial charge in [0.15, 0.2) is 6.61 Å². The molecule has 1 aliphatic rings. The van der Waals surface area contributed by atoms with Gasteiger partial charge in [-0.1, -0.05) is 0 Å². The summed E-state index contributed by atoms with van der Waals surface area (Å²) >= 11 is 0. The van der Waals surface area contributed by atoms with Crippen LogP contribution in [0.2, 0.25) is 0 Å². The van der Waals surface area contributed by atoms with Crippen LogP contribution in [-0.4, -0.2) is 47.7 Å². The van der Waals surface area contributed by atoms with Crippen LogP contribution in [-0.2, 0) is 0 Å². The van der Waals surface area contributed by atoms with Gasteiger partial charge >= 0.3 is 6.18 Å². The lowest BCUT2D eigenvalue weighted by molar-refractivity contribution is -0.154. The molecule has 2 N–H and O–H groups in total. The molecule has 2 heterocycles. The van der Waals surface area contributed by atoms with Crippen LogP contribution in [0.3, 0.4) is 0 Å². The van der Waals surface area contributed by atoms with Crippen molar-refractivity contribution >= 4 is 5.91 Å². The highest BCUT2D eigenvalue weighted by molar-refractivity contribution is 5.96. The van der Waals surface area contributed by atoms with E-state index < -0.39 is 12.8 Å². The first-order valence-corrected chi connectivity index (χ1v) is 6.56. The van der Waals surface area contributed by atoms with Crippen molar-refractivity contribution in [3.05, 3.63) is 23.9 Å². The van der Waals surface area contributed by atoms with Gasteiger partial charge in [-0.15, -0.1) is 0 Å². The van der Waals surface area contributed by atoms with Gasteiger partial charge in [0.25, 0.3) is 5.91 Å². The number of carbonyl (C=O) groups excluding carboxylic acids is 1. The van der Waals surface area contributed by atoms with Gasteiger partial charge in [0.1, 0.15) is 5.56 Å². The number of nitrogens with zero attached hydrogens (tertiary/aromatic N) is 2. The van der Waals surface area contributed by atoms with Crippen LogP contribution in [0.1, 0.15) is 23.2 Å². The predicted molar refractivity (Wildman–Crippen MR) is 68.9 cm³/mol. The van der Waals surface area contributed by atoms with E-state index in [2.05, 4.69) is 9.72 Å². The largest absolute Gasteiger partial charge is 0.467 e. The summed E-state index contributed by atoms with van der Waals surface area (Å²) in [4.78, 5) is 17.6. The van der Waals surface area contributed by atoms with Gasteiger partial charge < -0.3 is 15.4 Å². The first kappa shape index (κ1) is 15.6. The van der Waals surface area contributed by atoms with E-state index in [0.717, 1.165) is 0 Å². The molecule has 5 nitrogen and oxygen atoms in total. The van der Waals surface area contributed by atoms with Crippen LogP contribution in [0.4, 0.5) is 13.2 Å². The zero-order chi connectivity index (χ0) is 15.5. The fourth-order valence-corrected chi connectivity index (χ4v) is 2.09. The molecule has 1 aliphatic heterocycles. The molecule has 0 aromatic carbocycles. The van der Waals surface area contributed by atoms with E-state index in [4.69, 9.17) is 5.73 Å². The fraction of sp³-hybridized carbons (Fsp3) is 0.538. The molecule has 0 saturated carbocycles. The van der Waals surface area contributed by atoms with Crippen LogP contribution in [0, 0.1) is 0 Å². The number of nitrogens with two attached hydrogens (primary N) is 1.